The molecule has 2 amide bonds. The summed E-state index contributed by atoms with van der Waals surface area (Å²) in [5.41, 5.74) is -0.880. The highest BCUT2D eigenvalue weighted by molar-refractivity contribution is 6.24. The van der Waals surface area contributed by atoms with Gasteiger partial charge in [0, 0.05) is 23.9 Å². The molecule has 10 nitrogen and oxygen atoms in total. The van der Waals surface area contributed by atoms with Crippen LogP contribution in [0.5, 0.6) is 0 Å². The second-order valence-electron chi connectivity index (χ2n) is 9.54. The van der Waals surface area contributed by atoms with E-state index in [0.29, 0.717) is 16.9 Å². The van der Waals surface area contributed by atoms with Crippen LogP contribution < -0.4 is 10.2 Å². The first-order chi connectivity index (χ1) is 18.3. The lowest BCUT2D eigenvalue weighted by molar-refractivity contribution is -0.384. The van der Waals surface area contributed by atoms with E-state index in [9.17, 15) is 29.6 Å². The Balaban J connectivity index is 1.51. The molecule has 0 spiro atoms. The smallest absolute Gasteiger partial charge is 0.325 e. The number of hydrogen-bond donors (Lipinski definition) is 2. The van der Waals surface area contributed by atoms with Crippen molar-refractivity contribution in [3.8, 4) is 0 Å². The summed E-state index contributed by atoms with van der Waals surface area (Å²) in [6.07, 6.45) is -0.0666. The lowest BCUT2D eigenvalue weighted by Crippen LogP contribution is -2.57. The first-order valence-electron chi connectivity index (χ1n) is 12.0. The molecule has 4 unspecified atom stereocenters. The third kappa shape index (κ3) is 3.49. The summed E-state index contributed by atoms with van der Waals surface area (Å²) in [6.45, 7) is 0. The van der Waals surface area contributed by atoms with Crippen LogP contribution in [0.2, 0.25) is 0 Å². The van der Waals surface area contributed by atoms with Crippen LogP contribution in [0, 0.1) is 22.0 Å². The van der Waals surface area contributed by atoms with Crippen molar-refractivity contribution >= 4 is 40.1 Å². The van der Waals surface area contributed by atoms with Gasteiger partial charge in [0.25, 0.3) is 5.69 Å². The summed E-state index contributed by atoms with van der Waals surface area (Å²) in [5, 5.41) is 25.8. The van der Waals surface area contributed by atoms with Gasteiger partial charge in [0.05, 0.1) is 28.5 Å². The van der Waals surface area contributed by atoms with Crippen LogP contribution in [0.1, 0.15) is 17.4 Å². The maximum absolute atomic E-state index is 13.9. The number of nitro groups is 1. The molecule has 2 aliphatic rings. The number of hydrogen-bond acceptors (Lipinski definition) is 7. The maximum Gasteiger partial charge on any atom is 0.325 e. The summed E-state index contributed by atoms with van der Waals surface area (Å²) in [5.74, 6) is -4.72. The van der Waals surface area contributed by atoms with Crippen LogP contribution in [0.15, 0.2) is 89.3 Å². The molecule has 0 saturated carbocycles. The zero-order valence-corrected chi connectivity index (χ0v) is 19.8. The summed E-state index contributed by atoms with van der Waals surface area (Å²) in [7, 11) is 0. The lowest BCUT2D eigenvalue weighted by Gasteiger charge is -2.31. The van der Waals surface area contributed by atoms with E-state index in [1.54, 1.807) is 48.5 Å². The molecular weight excluding hydrogens is 490 g/mol. The van der Waals surface area contributed by atoms with Crippen molar-refractivity contribution < 1.29 is 28.8 Å². The number of furan rings is 1. The normalized spacial score (nSPS) is 24.6. The number of aliphatic carboxylic acids is 1. The van der Waals surface area contributed by atoms with E-state index >= 15 is 0 Å². The number of carboxylic acid groups (broad SMARTS) is 1. The highest BCUT2D eigenvalue weighted by Crippen LogP contribution is 2.51. The van der Waals surface area contributed by atoms with E-state index in [-0.39, 0.29) is 17.8 Å². The molecule has 0 aliphatic carbocycles. The predicted octanol–water partition coefficient (Wildman–Crippen LogP) is 3.86. The van der Waals surface area contributed by atoms with Gasteiger partial charge in [0.2, 0.25) is 11.8 Å². The Hall–Kier alpha value is -4.83. The number of anilines is 1. The van der Waals surface area contributed by atoms with E-state index in [1.165, 1.54) is 18.2 Å². The molecule has 6 rings (SSSR count). The summed E-state index contributed by atoms with van der Waals surface area (Å²) in [4.78, 5) is 52.5. The minimum absolute atomic E-state index is 0.0194. The molecule has 0 radical (unpaired) electrons. The Morgan fingerprint density at radius 3 is 2.45 bits per heavy atom. The molecular formula is C28H21N3O7. The number of fused-ring (bicyclic) bond motifs is 2. The fraction of sp³-hybridized carbons (Fsp3) is 0.179. The van der Waals surface area contributed by atoms with Crippen molar-refractivity contribution in [3.05, 3.63) is 106 Å². The quantitative estimate of drug-likeness (QED) is 0.226. The number of imide groups is 1. The van der Waals surface area contributed by atoms with Crippen LogP contribution in [-0.2, 0) is 20.8 Å². The Bertz CT molecular complexity index is 1580. The van der Waals surface area contributed by atoms with Crippen LogP contribution in [0.3, 0.4) is 0 Å². The van der Waals surface area contributed by atoms with E-state index in [4.69, 9.17) is 4.42 Å². The first kappa shape index (κ1) is 23.6. The van der Waals surface area contributed by atoms with Gasteiger partial charge in [-0.2, -0.15) is 0 Å². The number of carbonyl (C=O) groups excluding carboxylic acids is 2. The van der Waals surface area contributed by atoms with Gasteiger partial charge in [-0.1, -0.05) is 54.6 Å². The zero-order chi connectivity index (χ0) is 26.6. The number of nitrogens with zero attached hydrogens (tertiary/aromatic N) is 2. The highest BCUT2D eigenvalue weighted by Gasteiger charge is 2.69. The summed E-state index contributed by atoms with van der Waals surface area (Å²) in [6, 6.07) is 22.1. The second-order valence-corrected chi connectivity index (χ2v) is 9.54. The Morgan fingerprint density at radius 1 is 1.00 bits per heavy atom. The van der Waals surface area contributed by atoms with E-state index < -0.39 is 46.1 Å². The zero-order valence-electron chi connectivity index (χ0n) is 19.8. The summed E-state index contributed by atoms with van der Waals surface area (Å²) < 4.78 is 6.03. The van der Waals surface area contributed by atoms with Gasteiger partial charge in [0.1, 0.15) is 16.9 Å². The third-order valence-electron chi connectivity index (χ3n) is 7.41. The van der Waals surface area contributed by atoms with Crippen molar-refractivity contribution in [2.45, 2.75) is 18.0 Å². The maximum atomic E-state index is 13.9. The van der Waals surface area contributed by atoms with E-state index in [0.717, 1.165) is 16.4 Å². The number of amides is 2. The third-order valence-corrected chi connectivity index (χ3v) is 7.41. The number of non-ortho nitro benzene ring substituents is 1. The van der Waals surface area contributed by atoms with Gasteiger partial charge in [-0.05, 0) is 23.8 Å². The number of carbonyl (C=O) groups is 3. The minimum atomic E-state index is -1.84. The van der Waals surface area contributed by atoms with Crippen molar-refractivity contribution in [2.75, 3.05) is 4.90 Å². The second kappa shape index (κ2) is 8.63. The molecule has 2 saturated heterocycles. The molecule has 10 heteroatoms. The fourth-order valence-electron chi connectivity index (χ4n) is 5.76. The molecule has 2 N–H and O–H groups in total. The molecule has 38 heavy (non-hydrogen) atoms. The number of rotatable bonds is 6. The highest BCUT2D eigenvalue weighted by atomic mass is 16.6. The van der Waals surface area contributed by atoms with E-state index in [2.05, 4.69) is 5.32 Å². The van der Waals surface area contributed by atoms with Crippen LogP contribution in [-0.4, -0.2) is 33.4 Å². The van der Waals surface area contributed by atoms with Crippen molar-refractivity contribution in [1.29, 1.82) is 0 Å². The molecule has 3 aromatic carbocycles. The Labute approximate surface area is 215 Å². The Morgan fingerprint density at radius 2 is 1.74 bits per heavy atom. The molecule has 4 atom stereocenters. The van der Waals surface area contributed by atoms with Gasteiger partial charge in [-0.15, -0.1) is 0 Å². The molecule has 2 aliphatic heterocycles. The predicted molar refractivity (Wildman–Crippen MR) is 135 cm³/mol. The molecule has 2 fully saturated rings. The largest absolute Gasteiger partial charge is 0.480 e. The number of nitro benzene ring substituents is 1. The molecule has 0 bridgehead atoms. The van der Waals surface area contributed by atoms with Gasteiger partial charge in [-0.25, -0.2) is 4.90 Å². The molecule has 3 heterocycles. The fourth-order valence-corrected chi connectivity index (χ4v) is 5.76. The average molecular weight is 511 g/mol. The molecule has 1 aromatic heterocycles. The van der Waals surface area contributed by atoms with Crippen molar-refractivity contribution in [3.63, 3.8) is 0 Å². The summed E-state index contributed by atoms with van der Waals surface area (Å²) >= 11 is 0. The van der Waals surface area contributed by atoms with Gasteiger partial charge in [0.15, 0.2) is 0 Å². The number of para-hydroxylation sites is 1. The molecule has 190 valence electrons. The average Bonchev–Trinajstić information content (AvgIpc) is 3.56. The lowest BCUT2D eigenvalue weighted by atomic mass is 9.76. The SMILES string of the molecule is O=C1C2C(c3cc4ccccc4o3)NC(Cc3ccccc3)(C(=O)O)C2C(=O)N1c1cccc([N+](=O)[O-])c1. The number of nitrogens with one attached hydrogen (secondary N) is 1. The molecule has 4 aromatic rings. The standard InChI is InChI=1S/C28H21N3O7/c32-25-22-23(26(33)30(25)18-10-6-11-19(14-18)31(36)37)28(27(34)35,15-16-7-2-1-3-8-16)29-24(22)21-13-17-9-4-5-12-20(17)38-21/h1-14,22-24,29H,15H2,(H,34,35). The van der Waals surface area contributed by atoms with Crippen molar-refractivity contribution in [1.82, 2.24) is 5.32 Å². The first-order valence-corrected chi connectivity index (χ1v) is 12.0. The van der Waals surface area contributed by atoms with Crippen LogP contribution >= 0.6 is 0 Å². The number of carboxylic acids is 1. The Kier molecular flexibility index (Phi) is 5.35. The van der Waals surface area contributed by atoms with Crippen LogP contribution in [0.25, 0.3) is 11.0 Å². The number of benzene rings is 3. The monoisotopic (exact) mass is 511 g/mol. The van der Waals surface area contributed by atoms with Gasteiger partial charge >= 0.3 is 5.97 Å². The van der Waals surface area contributed by atoms with Gasteiger partial charge < -0.3 is 9.52 Å². The van der Waals surface area contributed by atoms with Crippen LogP contribution in [0.4, 0.5) is 11.4 Å². The van der Waals surface area contributed by atoms with Gasteiger partial charge in [-0.3, -0.25) is 29.8 Å². The topological polar surface area (TPSA) is 143 Å². The van der Waals surface area contributed by atoms with Crippen molar-refractivity contribution in [2.24, 2.45) is 11.8 Å². The van der Waals surface area contributed by atoms with E-state index in [1.807, 2.05) is 12.1 Å². The minimum Gasteiger partial charge on any atom is -0.480 e.